The molecule has 1 N–H and O–H groups in total. The van der Waals surface area contributed by atoms with E-state index in [-0.39, 0.29) is 11.9 Å². The fourth-order valence-corrected chi connectivity index (χ4v) is 4.85. The molecule has 3 heterocycles. The summed E-state index contributed by atoms with van der Waals surface area (Å²) in [4.78, 5) is 16.5. The molecule has 2 aliphatic heterocycles. The van der Waals surface area contributed by atoms with Gasteiger partial charge in [-0.1, -0.05) is 29.5 Å². The number of nitrogens with zero attached hydrogens (tertiary/aromatic N) is 4. The van der Waals surface area contributed by atoms with Gasteiger partial charge in [0.25, 0.3) is 0 Å². The monoisotopic (exact) mass is 342 g/mol. The number of thioether (sulfide) groups is 1. The standard InChI is InChI=1S/C14H22N4O2S2/c1-10-15-16-14(22-10)21-9-13(20)18-7-11(12(19)8-18)17-5-3-2-4-6-17/h11-12,19H,2-9H2,1H3/t11-,12-/m0/s1. The molecule has 0 unspecified atom stereocenters. The van der Waals surface area contributed by atoms with Crippen LogP contribution in [0, 0.1) is 6.92 Å². The molecule has 0 radical (unpaired) electrons. The van der Waals surface area contributed by atoms with Crippen molar-refractivity contribution in [3.8, 4) is 0 Å². The second-order valence-corrected chi connectivity index (χ2v) is 8.31. The molecular formula is C14H22N4O2S2. The molecule has 2 atom stereocenters. The van der Waals surface area contributed by atoms with Crippen LogP contribution in [0.4, 0.5) is 0 Å². The molecule has 2 aliphatic rings. The van der Waals surface area contributed by atoms with Gasteiger partial charge in [0.15, 0.2) is 4.34 Å². The Hall–Kier alpha value is -0.700. The van der Waals surface area contributed by atoms with Gasteiger partial charge in [-0.3, -0.25) is 9.69 Å². The topological polar surface area (TPSA) is 69.6 Å². The molecule has 1 amide bonds. The summed E-state index contributed by atoms with van der Waals surface area (Å²) in [7, 11) is 0. The van der Waals surface area contributed by atoms with Crippen LogP contribution in [0.1, 0.15) is 24.3 Å². The first-order valence-corrected chi connectivity index (χ1v) is 9.56. The van der Waals surface area contributed by atoms with Crippen molar-refractivity contribution in [3.05, 3.63) is 5.01 Å². The van der Waals surface area contributed by atoms with E-state index in [4.69, 9.17) is 0 Å². The molecule has 1 aromatic heterocycles. The quantitative estimate of drug-likeness (QED) is 0.823. The first-order valence-electron chi connectivity index (χ1n) is 7.76. The van der Waals surface area contributed by atoms with Gasteiger partial charge in [-0.15, -0.1) is 10.2 Å². The Kier molecular flexibility index (Phi) is 5.33. The fourth-order valence-electron chi connectivity index (χ4n) is 3.13. The van der Waals surface area contributed by atoms with Crippen LogP contribution in [0.15, 0.2) is 4.34 Å². The number of aliphatic hydroxyl groups excluding tert-OH is 1. The summed E-state index contributed by atoms with van der Waals surface area (Å²) >= 11 is 2.94. The predicted octanol–water partition coefficient (Wildman–Crippen LogP) is 0.996. The molecule has 1 aromatic rings. The summed E-state index contributed by atoms with van der Waals surface area (Å²) in [6.45, 7) is 5.10. The first-order chi connectivity index (χ1) is 10.6. The van der Waals surface area contributed by atoms with Gasteiger partial charge in [-0.05, 0) is 32.9 Å². The third kappa shape index (κ3) is 3.79. The van der Waals surface area contributed by atoms with Crippen LogP contribution in [0.5, 0.6) is 0 Å². The van der Waals surface area contributed by atoms with Gasteiger partial charge in [-0.2, -0.15) is 0 Å². The Morgan fingerprint density at radius 2 is 2.09 bits per heavy atom. The van der Waals surface area contributed by atoms with Gasteiger partial charge in [0.05, 0.1) is 17.9 Å². The van der Waals surface area contributed by atoms with E-state index >= 15 is 0 Å². The van der Waals surface area contributed by atoms with E-state index in [9.17, 15) is 9.90 Å². The zero-order valence-electron chi connectivity index (χ0n) is 12.8. The van der Waals surface area contributed by atoms with Crippen molar-refractivity contribution in [3.63, 3.8) is 0 Å². The lowest BCUT2D eigenvalue weighted by Crippen LogP contribution is -2.46. The van der Waals surface area contributed by atoms with Gasteiger partial charge >= 0.3 is 0 Å². The summed E-state index contributed by atoms with van der Waals surface area (Å²) in [5.41, 5.74) is 0. The minimum absolute atomic E-state index is 0.0800. The van der Waals surface area contributed by atoms with Crippen molar-refractivity contribution < 1.29 is 9.90 Å². The maximum atomic E-state index is 12.3. The van der Waals surface area contributed by atoms with Crippen molar-refractivity contribution in [2.75, 3.05) is 31.9 Å². The largest absolute Gasteiger partial charge is 0.390 e. The fraction of sp³-hybridized carbons (Fsp3) is 0.786. The van der Waals surface area contributed by atoms with Crippen molar-refractivity contribution in [2.45, 2.75) is 42.7 Å². The number of hydrogen-bond donors (Lipinski definition) is 1. The van der Waals surface area contributed by atoms with Gasteiger partial charge in [0.2, 0.25) is 5.91 Å². The van der Waals surface area contributed by atoms with E-state index in [1.165, 1.54) is 42.4 Å². The summed E-state index contributed by atoms with van der Waals surface area (Å²) in [6.07, 6.45) is 3.25. The van der Waals surface area contributed by atoms with Crippen molar-refractivity contribution >= 4 is 29.0 Å². The second-order valence-electron chi connectivity index (χ2n) is 5.91. The van der Waals surface area contributed by atoms with E-state index in [0.29, 0.717) is 18.8 Å². The molecule has 0 bridgehead atoms. The minimum Gasteiger partial charge on any atom is -0.390 e. The predicted molar refractivity (Wildman–Crippen MR) is 87.2 cm³/mol. The number of rotatable bonds is 4. The lowest BCUT2D eigenvalue weighted by atomic mass is 10.1. The number of piperidine rings is 1. The van der Waals surface area contributed by atoms with Gasteiger partial charge in [0, 0.05) is 13.1 Å². The van der Waals surface area contributed by atoms with Crippen LogP contribution in [-0.2, 0) is 4.79 Å². The lowest BCUT2D eigenvalue weighted by molar-refractivity contribution is -0.127. The van der Waals surface area contributed by atoms with E-state index in [1.54, 1.807) is 4.90 Å². The average Bonchev–Trinajstić information content (AvgIpc) is 3.12. The molecule has 122 valence electrons. The SMILES string of the molecule is Cc1nnc(SCC(=O)N2C[C@H](O)[C@@H](N3CCCCC3)C2)s1. The Balaban J connectivity index is 1.51. The van der Waals surface area contributed by atoms with Gasteiger partial charge < -0.3 is 10.0 Å². The normalized spacial score (nSPS) is 26.5. The number of aliphatic hydroxyl groups is 1. The molecule has 0 aromatic carbocycles. The highest BCUT2D eigenvalue weighted by molar-refractivity contribution is 8.01. The number of aromatic nitrogens is 2. The van der Waals surface area contributed by atoms with Crippen LogP contribution in [-0.4, -0.2) is 75.1 Å². The molecule has 3 rings (SSSR count). The zero-order chi connectivity index (χ0) is 15.5. The smallest absolute Gasteiger partial charge is 0.233 e. The molecule has 2 fully saturated rings. The summed E-state index contributed by atoms with van der Waals surface area (Å²) in [6, 6.07) is 0.109. The van der Waals surface area contributed by atoms with Crippen LogP contribution in [0.3, 0.4) is 0 Å². The van der Waals surface area contributed by atoms with Crippen LogP contribution < -0.4 is 0 Å². The highest BCUT2D eigenvalue weighted by Crippen LogP contribution is 2.24. The number of carbonyl (C=O) groups is 1. The maximum absolute atomic E-state index is 12.3. The maximum Gasteiger partial charge on any atom is 0.233 e. The minimum atomic E-state index is -0.421. The molecule has 0 aliphatic carbocycles. The summed E-state index contributed by atoms with van der Waals surface area (Å²) in [5, 5.41) is 19.2. The van der Waals surface area contributed by atoms with E-state index in [1.807, 2.05) is 6.92 Å². The van der Waals surface area contributed by atoms with Crippen LogP contribution in [0.25, 0.3) is 0 Å². The number of hydrogen-bond acceptors (Lipinski definition) is 7. The Bertz CT molecular complexity index is 519. The van der Waals surface area contributed by atoms with Crippen molar-refractivity contribution in [2.24, 2.45) is 0 Å². The van der Waals surface area contributed by atoms with E-state index in [2.05, 4.69) is 15.1 Å². The number of amides is 1. The Morgan fingerprint density at radius 3 is 2.77 bits per heavy atom. The Morgan fingerprint density at radius 1 is 1.32 bits per heavy atom. The van der Waals surface area contributed by atoms with E-state index < -0.39 is 6.10 Å². The van der Waals surface area contributed by atoms with Gasteiger partial charge in [0.1, 0.15) is 5.01 Å². The highest BCUT2D eigenvalue weighted by Gasteiger charge is 2.37. The van der Waals surface area contributed by atoms with Gasteiger partial charge in [-0.25, -0.2) is 0 Å². The molecule has 0 saturated carbocycles. The molecule has 8 heteroatoms. The Labute approximate surface area is 138 Å². The number of aryl methyl sites for hydroxylation is 1. The zero-order valence-corrected chi connectivity index (χ0v) is 14.4. The average molecular weight is 342 g/mol. The van der Waals surface area contributed by atoms with Crippen LogP contribution in [0.2, 0.25) is 0 Å². The third-order valence-electron chi connectivity index (χ3n) is 4.30. The summed E-state index contributed by atoms with van der Waals surface area (Å²) < 4.78 is 0.832. The first kappa shape index (κ1) is 16.2. The van der Waals surface area contributed by atoms with Crippen molar-refractivity contribution in [1.82, 2.24) is 20.0 Å². The van der Waals surface area contributed by atoms with E-state index in [0.717, 1.165) is 22.4 Å². The number of carbonyl (C=O) groups excluding carboxylic acids is 1. The lowest BCUT2D eigenvalue weighted by Gasteiger charge is -2.33. The van der Waals surface area contributed by atoms with Crippen molar-refractivity contribution in [1.29, 1.82) is 0 Å². The number of β-amino-alcohol motifs (C(OH)–C–C–N with tert-alkyl or cyclic N) is 1. The molecule has 0 spiro atoms. The molecular weight excluding hydrogens is 320 g/mol. The van der Waals surface area contributed by atoms with Crippen LogP contribution >= 0.6 is 23.1 Å². The second kappa shape index (κ2) is 7.25. The summed E-state index contributed by atoms with van der Waals surface area (Å²) in [5.74, 6) is 0.449. The number of likely N-dealkylation sites (tertiary alicyclic amines) is 2. The molecule has 22 heavy (non-hydrogen) atoms. The molecule has 2 saturated heterocycles. The molecule has 6 nitrogen and oxygen atoms in total. The third-order valence-corrected chi connectivity index (χ3v) is 6.25. The highest BCUT2D eigenvalue weighted by atomic mass is 32.2.